The second-order valence-corrected chi connectivity index (χ2v) is 10.9. The third-order valence-corrected chi connectivity index (χ3v) is 6.77. The van der Waals surface area contributed by atoms with Crippen LogP contribution in [0.2, 0.25) is 0 Å². The Balaban J connectivity index is 0. The molecule has 1 atom stereocenters. The maximum Gasteiger partial charge on any atom is 0.303 e. The zero-order valence-electron chi connectivity index (χ0n) is 26.6. The topological polar surface area (TPSA) is 94.8 Å². The normalized spacial score (nSPS) is 12.5. The van der Waals surface area contributed by atoms with E-state index in [-0.39, 0.29) is 6.10 Å². The molecule has 0 saturated heterocycles. The number of hydrogen-bond acceptors (Lipinski definition) is 3. The van der Waals surface area contributed by atoms with Crippen molar-refractivity contribution in [1.29, 1.82) is 0 Å². The summed E-state index contributed by atoms with van der Waals surface area (Å²) in [7, 11) is 0. The molecule has 0 aliphatic rings. The monoisotopic (exact) mass is 576 g/mol. The first-order valence-electron chi connectivity index (χ1n) is 16.7. The summed E-state index contributed by atoms with van der Waals surface area (Å²) in [6.45, 7) is 4.35. The lowest BCUT2D eigenvalue weighted by atomic mass is 10.1. The zero-order valence-corrected chi connectivity index (χ0v) is 26.6. The van der Waals surface area contributed by atoms with Crippen LogP contribution in [0, 0.1) is 0 Å². The van der Waals surface area contributed by atoms with Crippen LogP contribution in [0.4, 0.5) is 0 Å². The predicted octanol–water partition coefficient (Wildman–Crippen LogP) is 10.7. The zero-order chi connectivity index (χ0) is 30.7. The van der Waals surface area contributed by atoms with Crippen molar-refractivity contribution in [2.24, 2.45) is 0 Å². The molecular weight excluding hydrogens is 512 g/mol. The summed E-state index contributed by atoms with van der Waals surface area (Å²) in [6.07, 6.45) is 40.7. The van der Waals surface area contributed by atoms with Gasteiger partial charge in [0.1, 0.15) is 0 Å². The fourth-order valence-electron chi connectivity index (χ4n) is 4.26. The van der Waals surface area contributed by atoms with Crippen molar-refractivity contribution in [2.75, 3.05) is 0 Å². The van der Waals surface area contributed by atoms with Crippen LogP contribution in [-0.2, 0) is 9.59 Å². The molecule has 3 N–H and O–H groups in total. The Kier molecular flexibility index (Phi) is 35.9. The van der Waals surface area contributed by atoms with Crippen LogP contribution < -0.4 is 0 Å². The molecule has 0 saturated carbocycles. The van der Waals surface area contributed by atoms with E-state index in [9.17, 15) is 14.7 Å². The minimum absolute atomic E-state index is 0.172. The standard InChI is InChI=1S/C18H34O3.C18H30O2/c1-2-3-4-11-14-17(19)15-12-9-7-5-6-8-10-13-16-18(20)21;1-2-3-4-5-6-7-8-9-10-11-12-13-14-15-16-17-18(19)20/h9,12,17,19H,2-8,10-11,13-16H2,1H3,(H,20,21);3-4,6-7,9-10H,2,5,8,11-17H2,1H3,(H,19,20)/b12-9-;4-3-,7-6-,10-9-/t17-;/m1./s1. The van der Waals surface area contributed by atoms with Gasteiger partial charge in [-0.05, 0) is 70.6 Å². The molecule has 41 heavy (non-hydrogen) atoms. The van der Waals surface area contributed by atoms with Gasteiger partial charge in [0.15, 0.2) is 0 Å². The number of unbranched alkanes of at least 4 members (excludes halogenated alkanes) is 13. The quantitative estimate of drug-likeness (QED) is 0.0636. The minimum atomic E-state index is -0.689. The number of hydrogen-bond donors (Lipinski definition) is 3. The summed E-state index contributed by atoms with van der Waals surface area (Å²) in [5.74, 6) is -1.36. The van der Waals surface area contributed by atoms with Gasteiger partial charge in [-0.25, -0.2) is 0 Å². The molecule has 5 heteroatoms. The number of aliphatic hydroxyl groups excluding tert-OH is 1. The third-order valence-electron chi connectivity index (χ3n) is 6.77. The third kappa shape index (κ3) is 42.5. The Hall–Kier alpha value is -2.14. The number of aliphatic carboxylic acids is 2. The smallest absolute Gasteiger partial charge is 0.303 e. The first-order valence-corrected chi connectivity index (χ1v) is 16.7. The highest BCUT2D eigenvalue weighted by molar-refractivity contribution is 5.66. The molecule has 0 aliphatic heterocycles. The average Bonchev–Trinajstić information content (AvgIpc) is 2.94. The summed E-state index contributed by atoms with van der Waals surface area (Å²) in [6, 6.07) is 0. The maximum atomic E-state index is 10.3. The van der Waals surface area contributed by atoms with Gasteiger partial charge < -0.3 is 15.3 Å². The van der Waals surface area contributed by atoms with Crippen molar-refractivity contribution >= 4 is 11.9 Å². The molecule has 0 amide bonds. The number of allylic oxidation sites excluding steroid dienone is 7. The van der Waals surface area contributed by atoms with E-state index < -0.39 is 11.9 Å². The SMILES string of the molecule is CC/C=C\C/C=C\C/C=C\CCCCCCCC(=O)O.CCCCCC[C@@H](O)C/C=C\CCCCCCCC(=O)O. The van der Waals surface area contributed by atoms with Gasteiger partial charge in [-0.2, -0.15) is 0 Å². The molecule has 0 aromatic heterocycles. The first-order chi connectivity index (χ1) is 19.9. The van der Waals surface area contributed by atoms with E-state index in [0.717, 1.165) is 96.3 Å². The van der Waals surface area contributed by atoms with Crippen LogP contribution >= 0.6 is 0 Å². The summed E-state index contributed by atoms with van der Waals surface area (Å²) >= 11 is 0. The van der Waals surface area contributed by atoms with Gasteiger partial charge in [0.05, 0.1) is 6.10 Å². The lowest BCUT2D eigenvalue weighted by Gasteiger charge is -2.07. The van der Waals surface area contributed by atoms with Crippen molar-refractivity contribution in [2.45, 2.75) is 168 Å². The van der Waals surface area contributed by atoms with Gasteiger partial charge in [-0.1, -0.05) is 127 Å². The lowest BCUT2D eigenvalue weighted by Crippen LogP contribution is -2.04. The van der Waals surface area contributed by atoms with E-state index in [0.29, 0.717) is 12.8 Å². The Bertz CT molecular complexity index is 677. The van der Waals surface area contributed by atoms with Crippen LogP contribution in [0.15, 0.2) is 48.6 Å². The molecule has 0 aliphatic carbocycles. The largest absolute Gasteiger partial charge is 0.481 e. The molecule has 0 fully saturated rings. The highest BCUT2D eigenvalue weighted by Gasteiger charge is 2.01. The Labute approximate surface area is 252 Å². The molecule has 0 spiro atoms. The van der Waals surface area contributed by atoms with Crippen molar-refractivity contribution in [1.82, 2.24) is 0 Å². The Morgan fingerprint density at radius 1 is 0.537 bits per heavy atom. The van der Waals surface area contributed by atoms with E-state index in [4.69, 9.17) is 10.2 Å². The van der Waals surface area contributed by atoms with Crippen LogP contribution in [0.5, 0.6) is 0 Å². The summed E-state index contributed by atoms with van der Waals surface area (Å²) in [4.78, 5) is 20.6. The number of carbonyl (C=O) groups is 2. The lowest BCUT2D eigenvalue weighted by molar-refractivity contribution is -0.138. The fourth-order valence-corrected chi connectivity index (χ4v) is 4.26. The van der Waals surface area contributed by atoms with Crippen LogP contribution in [0.1, 0.15) is 162 Å². The van der Waals surface area contributed by atoms with E-state index in [1.807, 2.05) is 0 Å². The number of rotatable bonds is 28. The van der Waals surface area contributed by atoms with Crippen LogP contribution in [0.3, 0.4) is 0 Å². The van der Waals surface area contributed by atoms with Gasteiger partial charge in [0, 0.05) is 12.8 Å². The molecule has 0 radical (unpaired) electrons. The second-order valence-electron chi connectivity index (χ2n) is 10.9. The predicted molar refractivity (Wildman–Crippen MR) is 175 cm³/mol. The Morgan fingerprint density at radius 2 is 0.976 bits per heavy atom. The van der Waals surface area contributed by atoms with Crippen molar-refractivity contribution in [3.63, 3.8) is 0 Å². The number of carboxylic acid groups (broad SMARTS) is 2. The van der Waals surface area contributed by atoms with Gasteiger partial charge in [0.2, 0.25) is 0 Å². The van der Waals surface area contributed by atoms with Crippen LogP contribution in [0.25, 0.3) is 0 Å². The van der Waals surface area contributed by atoms with Gasteiger partial charge in [-0.15, -0.1) is 0 Å². The average molecular weight is 577 g/mol. The minimum Gasteiger partial charge on any atom is -0.481 e. The van der Waals surface area contributed by atoms with Gasteiger partial charge in [0.25, 0.3) is 0 Å². The molecule has 0 rings (SSSR count). The molecule has 0 bridgehead atoms. The number of aliphatic hydroxyl groups is 1. The first kappa shape index (κ1) is 41.0. The Morgan fingerprint density at radius 3 is 1.49 bits per heavy atom. The van der Waals surface area contributed by atoms with Crippen molar-refractivity contribution < 1.29 is 24.9 Å². The second kappa shape index (κ2) is 35.9. The fraction of sp³-hybridized carbons (Fsp3) is 0.722. The van der Waals surface area contributed by atoms with Crippen molar-refractivity contribution in [3.8, 4) is 0 Å². The summed E-state index contributed by atoms with van der Waals surface area (Å²) in [5.41, 5.74) is 0. The van der Waals surface area contributed by atoms with Crippen LogP contribution in [-0.4, -0.2) is 33.4 Å². The highest BCUT2D eigenvalue weighted by atomic mass is 16.4. The summed E-state index contributed by atoms with van der Waals surface area (Å²) < 4.78 is 0. The molecular formula is C36H64O5. The highest BCUT2D eigenvalue weighted by Crippen LogP contribution is 2.11. The van der Waals surface area contributed by atoms with E-state index in [1.54, 1.807) is 0 Å². The molecule has 0 aromatic carbocycles. The van der Waals surface area contributed by atoms with E-state index in [1.165, 1.54) is 38.5 Å². The maximum absolute atomic E-state index is 10.3. The van der Waals surface area contributed by atoms with E-state index in [2.05, 4.69) is 62.5 Å². The van der Waals surface area contributed by atoms with E-state index >= 15 is 0 Å². The van der Waals surface area contributed by atoms with Gasteiger partial charge in [-0.3, -0.25) is 9.59 Å². The molecule has 0 heterocycles. The summed E-state index contributed by atoms with van der Waals surface area (Å²) in [5, 5.41) is 26.8. The molecule has 0 unspecified atom stereocenters. The van der Waals surface area contributed by atoms with Crippen molar-refractivity contribution in [3.05, 3.63) is 48.6 Å². The molecule has 5 nitrogen and oxygen atoms in total. The molecule has 238 valence electrons. The van der Waals surface area contributed by atoms with Gasteiger partial charge >= 0.3 is 11.9 Å². The molecule has 0 aromatic rings. The number of carboxylic acids is 2.